The summed E-state index contributed by atoms with van der Waals surface area (Å²) < 4.78 is 5.20. The topological polar surface area (TPSA) is 46.2 Å². The molecule has 0 radical (unpaired) electrons. The summed E-state index contributed by atoms with van der Waals surface area (Å²) >= 11 is 6.06. The number of anilines is 1. The maximum Gasteiger partial charge on any atom is 0.118 e. The van der Waals surface area contributed by atoms with E-state index in [9.17, 15) is 0 Å². The van der Waals surface area contributed by atoms with Crippen LogP contribution in [0.1, 0.15) is 19.4 Å². The molecular weight excluding hydrogens is 417 g/mol. The molecule has 0 saturated carbocycles. The number of nitrogens with zero attached hydrogens (tertiary/aromatic N) is 1. The van der Waals surface area contributed by atoms with Crippen molar-refractivity contribution in [2.45, 2.75) is 25.9 Å². The third-order valence-electron chi connectivity index (χ3n) is 4.36. The van der Waals surface area contributed by atoms with Gasteiger partial charge >= 0.3 is 0 Å². The number of benzene rings is 2. The van der Waals surface area contributed by atoms with E-state index in [-0.39, 0.29) is 30.4 Å². The van der Waals surface area contributed by atoms with Gasteiger partial charge in [0.1, 0.15) is 5.75 Å². The van der Waals surface area contributed by atoms with E-state index in [0.717, 1.165) is 35.4 Å². The summed E-state index contributed by atoms with van der Waals surface area (Å²) in [7, 11) is 1.68. The normalized spacial score (nSPS) is 10.7. The minimum Gasteiger partial charge on any atom is -0.497 e. The van der Waals surface area contributed by atoms with Gasteiger partial charge in [0.05, 0.1) is 12.6 Å². The Morgan fingerprint density at radius 3 is 2.43 bits per heavy atom. The molecule has 7 heteroatoms. The van der Waals surface area contributed by atoms with Gasteiger partial charge in [0.25, 0.3) is 0 Å². The first kappa shape index (κ1) is 24.3. The van der Waals surface area contributed by atoms with Crippen LogP contribution >= 0.6 is 36.4 Å². The maximum absolute atomic E-state index is 6.06. The summed E-state index contributed by atoms with van der Waals surface area (Å²) in [6.45, 7) is 5.95. The van der Waals surface area contributed by atoms with E-state index in [1.807, 2.05) is 36.4 Å². The third kappa shape index (κ3) is 6.42. The fraction of sp³-hybridized carbons (Fsp3) is 0.286. The van der Waals surface area contributed by atoms with Crippen molar-refractivity contribution in [1.29, 1.82) is 0 Å². The lowest BCUT2D eigenvalue weighted by Crippen LogP contribution is -2.44. The van der Waals surface area contributed by atoms with Crippen LogP contribution in [0, 0.1) is 0 Å². The van der Waals surface area contributed by atoms with Gasteiger partial charge in [-0.05, 0) is 55.8 Å². The van der Waals surface area contributed by atoms with Crippen molar-refractivity contribution in [3.05, 3.63) is 65.3 Å². The molecule has 0 atom stereocenters. The second-order valence-corrected chi connectivity index (χ2v) is 7.40. The molecule has 2 aromatic carbocycles. The molecule has 152 valence electrons. The molecule has 0 aliphatic carbocycles. The highest BCUT2D eigenvalue weighted by molar-refractivity contribution is 6.31. The number of pyridine rings is 1. The van der Waals surface area contributed by atoms with Crippen molar-refractivity contribution in [3.63, 3.8) is 0 Å². The molecule has 0 aliphatic heterocycles. The fourth-order valence-corrected chi connectivity index (χ4v) is 2.91. The predicted molar refractivity (Wildman–Crippen MR) is 124 cm³/mol. The standard InChI is InChI=1S/C21H24ClN3O.2ClH/c1-21(2,25-13-15-4-7-17(26-3)8-5-15)14-24-19-10-11-23-20-12-16(22)6-9-18(19)20;;/h4-12,25H,13-14H2,1-3H3,(H,23,24);2*1H. The van der Waals surface area contributed by atoms with Crippen molar-refractivity contribution in [2.75, 3.05) is 19.0 Å². The molecule has 2 N–H and O–H groups in total. The smallest absolute Gasteiger partial charge is 0.118 e. The van der Waals surface area contributed by atoms with E-state index in [1.54, 1.807) is 13.3 Å². The summed E-state index contributed by atoms with van der Waals surface area (Å²) in [5, 5.41) is 8.91. The summed E-state index contributed by atoms with van der Waals surface area (Å²) in [6.07, 6.45) is 1.80. The first-order valence-electron chi connectivity index (χ1n) is 8.63. The minimum atomic E-state index is -0.0814. The van der Waals surface area contributed by atoms with Crippen molar-refractivity contribution in [1.82, 2.24) is 10.3 Å². The highest BCUT2D eigenvalue weighted by Gasteiger charge is 2.17. The lowest BCUT2D eigenvalue weighted by Gasteiger charge is -2.27. The molecule has 1 aromatic heterocycles. The van der Waals surface area contributed by atoms with E-state index in [1.165, 1.54) is 5.56 Å². The molecule has 0 bridgehead atoms. The number of methoxy groups -OCH3 is 1. The van der Waals surface area contributed by atoms with Gasteiger partial charge in [-0.1, -0.05) is 23.7 Å². The fourth-order valence-electron chi connectivity index (χ4n) is 2.74. The number of rotatable bonds is 7. The van der Waals surface area contributed by atoms with Crippen LogP contribution in [0.2, 0.25) is 5.02 Å². The Morgan fingerprint density at radius 1 is 1.04 bits per heavy atom. The van der Waals surface area contributed by atoms with Crippen molar-refractivity contribution < 1.29 is 4.74 Å². The minimum absolute atomic E-state index is 0. The van der Waals surface area contributed by atoms with Crippen LogP contribution in [0.15, 0.2) is 54.7 Å². The van der Waals surface area contributed by atoms with Crippen LogP contribution in [0.25, 0.3) is 10.9 Å². The van der Waals surface area contributed by atoms with E-state index >= 15 is 0 Å². The highest BCUT2D eigenvalue weighted by Crippen LogP contribution is 2.24. The summed E-state index contributed by atoms with van der Waals surface area (Å²) in [5.74, 6) is 0.874. The Balaban J connectivity index is 0.00000196. The number of hydrogen-bond donors (Lipinski definition) is 2. The van der Waals surface area contributed by atoms with Crippen LogP contribution in [0.4, 0.5) is 5.69 Å². The van der Waals surface area contributed by atoms with Gasteiger partial charge in [-0.15, -0.1) is 24.8 Å². The molecule has 0 spiro atoms. The van der Waals surface area contributed by atoms with E-state index in [4.69, 9.17) is 16.3 Å². The Bertz CT molecular complexity index is 886. The van der Waals surface area contributed by atoms with E-state index in [0.29, 0.717) is 5.02 Å². The monoisotopic (exact) mass is 441 g/mol. The third-order valence-corrected chi connectivity index (χ3v) is 4.59. The number of nitrogens with one attached hydrogen (secondary N) is 2. The SMILES string of the molecule is COc1ccc(CNC(C)(C)CNc2ccnc3cc(Cl)ccc23)cc1.Cl.Cl. The lowest BCUT2D eigenvalue weighted by molar-refractivity contribution is 0.405. The molecule has 0 aliphatic rings. The second-order valence-electron chi connectivity index (χ2n) is 6.96. The summed E-state index contributed by atoms with van der Waals surface area (Å²) in [5.41, 5.74) is 3.10. The largest absolute Gasteiger partial charge is 0.497 e. The first-order chi connectivity index (χ1) is 12.5. The van der Waals surface area contributed by atoms with Crippen molar-refractivity contribution in [3.8, 4) is 5.75 Å². The van der Waals surface area contributed by atoms with Crippen LogP contribution < -0.4 is 15.4 Å². The molecule has 4 nitrogen and oxygen atoms in total. The van der Waals surface area contributed by atoms with Crippen LogP contribution in [0.5, 0.6) is 5.75 Å². The summed E-state index contributed by atoms with van der Waals surface area (Å²) in [4.78, 5) is 4.39. The molecule has 0 amide bonds. The van der Waals surface area contributed by atoms with Gasteiger partial charge < -0.3 is 15.4 Å². The Kier molecular flexibility index (Phi) is 9.31. The Hall–Kier alpha value is -1.72. The number of hydrogen-bond acceptors (Lipinski definition) is 4. The van der Waals surface area contributed by atoms with Gasteiger partial charge in [0.15, 0.2) is 0 Å². The average Bonchev–Trinajstić information content (AvgIpc) is 2.65. The number of fused-ring (bicyclic) bond motifs is 1. The number of halogens is 3. The zero-order valence-electron chi connectivity index (χ0n) is 16.2. The molecule has 0 saturated heterocycles. The number of aromatic nitrogens is 1. The molecule has 3 aromatic rings. The number of ether oxygens (including phenoxy) is 1. The van der Waals surface area contributed by atoms with Gasteiger partial charge in [-0.25, -0.2) is 0 Å². The predicted octanol–water partition coefficient (Wildman–Crippen LogP) is 5.72. The molecule has 0 unspecified atom stereocenters. The zero-order valence-corrected chi connectivity index (χ0v) is 18.5. The van der Waals surface area contributed by atoms with Crippen LogP contribution in [0.3, 0.4) is 0 Å². The Morgan fingerprint density at radius 2 is 1.75 bits per heavy atom. The first-order valence-corrected chi connectivity index (χ1v) is 9.01. The molecule has 1 heterocycles. The van der Waals surface area contributed by atoms with Crippen LogP contribution in [-0.2, 0) is 6.54 Å². The molecule has 3 rings (SSSR count). The second kappa shape index (κ2) is 10.7. The van der Waals surface area contributed by atoms with Crippen molar-refractivity contribution in [2.24, 2.45) is 0 Å². The van der Waals surface area contributed by atoms with Gasteiger partial charge in [-0.3, -0.25) is 4.98 Å². The van der Waals surface area contributed by atoms with Gasteiger partial charge in [-0.2, -0.15) is 0 Å². The molecule has 28 heavy (non-hydrogen) atoms. The maximum atomic E-state index is 6.06. The van der Waals surface area contributed by atoms with E-state index in [2.05, 4.69) is 41.6 Å². The van der Waals surface area contributed by atoms with Crippen LogP contribution in [-0.4, -0.2) is 24.2 Å². The zero-order chi connectivity index (χ0) is 18.6. The quantitative estimate of drug-likeness (QED) is 0.491. The molecular formula is C21H26Cl3N3O. The van der Waals surface area contributed by atoms with E-state index < -0.39 is 0 Å². The average molecular weight is 443 g/mol. The molecule has 0 fully saturated rings. The summed E-state index contributed by atoms with van der Waals surface area (Å²) in [6, 6.07) is 15.9. The lowest BCUT2D eigenvalue weighted by atomic mass is 10.0. The van der Waals surface area contributed by atoms with Gasteiger partial charge in [0, 0.05) is 40.9 Å². The van der Waals surface area contributed by atoms with Gasteiger partial charge in [0.2, 0.25) is 0 Å². The highest BCUT2D eigenvalue weighted by atomic mass is 35.5. The Labute approximate surface area is 183 Å². The van der Waals surface area contributed by atoms with Crippen molar-refractivity contribution >= 4 is 53.0 Å².